The number of rotatable bonds is 1. The van der Waals surface area contributed by atoms with Gasteiger partial charge < -0.3 is 19.2 Å². The monoisotopic (exact) mass is 371 g/mol. The third kappa shape index (κ3) is 4.84. The zero-order chi connectivity index (χ0) is 19.2. The molecule has 0 spiro atoms. The van der Waals surface area contributed by atoms with Gasteiger partial charge in [0.15, 0.2) is 5.69 Å². The zero-order valence-electron chi connectivity index (χ0n) is 15.8. The lowest BCUT2D eigenvalue weighted by Gasteiger charge is -2.26. The lowest BCUT2D eigenvalue weighted by molar-refractivity contribution is -0.130. The minimum atomic E-state index is -0.293. The number of hydrogen-bond donors (Lipinski definition) is 0. The lowest BCUT2D eigenvalue weighted by atomic mass is 10.2. The summed E-state index contributed by atoms with van der Waals surface area (Å²) in [5.41, 5.74) is 1.20. The second-order valence-corrected chi connectivity index (χ2v) is 6.79. The quantitative estimate of drug-likeness (QED) is 0.754. The highest BCUT2D eigenvalue weighted by atomic mass is 16.5. The number of amides is 2. The molecule has 0 aromatic carbocycles. The molecule has 8 heteroatoms. The Balaban J connectivity index is 1.79. The van der Waals surface area contributed by atoms with Crippen LogP contribution in [0.25, 0.3) is 0 Å². The van der Waals surface area contributed by atoms with E-state index in [4.69, 9.17) is 9.51 Å². The molecule has 144 valence electrons. The number of carbonyl (C=O) groups excluding carboxylic acids is 2. The second-order valence-electron chi connectivity index (χ2n) is 6.79. The van der Waals surface area contributed by atoms with Crippen molar-refractivity contribution < 1.29 is 14.1 Å². The van der Waals surface area contributed by atoms with E-state index in [1.807, 2.05) is 25.2 Å². The molecule has 2 bridgehead atoms. The fourth-order valence-electron chi connectivity index (χ4n) is 3.08. The summed E-state index contributed by atoms with van der Waals surface area (Å²) in [5, 5.41) is 3.71. The van der Waals surface area contributed by atoms with E-state index in [2.05, 4.69) is 10.1 Å². The van der Waals surface area contributed by atoms with Crippen LogP contribution in [0.3, 0.4) is 0 Å². The molecule has 2 amide bonds. The largest absolute Gasteiger partial charge is 0.364 e. The van der Waals surface area contributed by atoms with Gasteiger partial charge in [-0.3, -0.25) is 9.59 Å². The van der Waals surface area contributed by atoms with Crippen LogP contribution in [-0.2, 0) is 11.2 Å². The number of nitrogens with zero attached hydrogens (tertiary/aromatic N) is 5. The molecular formula is C19H25N5O3. The van der Waals surface area contributed by atoms with Crippen LogP contribution in [0.2, 0.25) is 0 Å². The molecule has 2 aromatic heterocycles. The maximum Gasteiger partial charge on any atom is 0.276 e. The number of fused-ring (bicyclic) bond motifs is 2. The summed E-state index contributed by atoms with van der Waals surface area (Å²) in [4.78, 5) is 35.3. The van der Waals surface area contributed by atoms with Gasteiger partial charge in [0.2, 0.25) is 5.91 Å². The smallest absolute Gasteiger partial charge is 0.276 e. The first-order chi connectivity index (χ1) is 13.0. The van der Waals surface area contributed by atoms with Crippen LogP contribution in [0.1, 0.15) is 29.0 Å². The Morgan fingerprint density at radius 2 is 1.89 bits per heavy atom. The Labute approximate surface area is 158 Å². The number of likely N-dealkylation sites (N-methyl/N-ethyl adjacent to an activating group) is 1. The van der Waals surface area contributed by atoms with E-state index >= 15 is 0 Å². The van der Waals surface area contributed by atoms with E-state index in [0.29, 0.717) is 19.5 Å². The van der Waals surface area contributed by atoms with Gasteiger partial charge in [0.1, 0.15) is 18.6 Å². The Bertz CT molecular complexity index is 777. The molecule has 2 aromatic rings. The van der Waals surface area contributed by atoms with Crippen LogP contribution in [0, 0.1) is 0 Å². The van der Waals surface area contributed by atoms with E-state index in [9.17, 15) is 9.59 Å². The standard InChI is InChI=1S/C19H25N5O3/c1-22-10-5-11-23(2)18(25)14-24(19(26)16-9-13-27-21-16)12-4-7-15-6-3-8-17(22)20-15/h3,6,8-9,13H,4-5,7,10-12,14H2,1-2H3. The molecule has 0 saturated carbocycles. The van der Waals surface area contributed by atoms with E-state index < -0.39 is 0 Å². The average Bonchev–Trinajstić information content (AvgIpc) is 3.20. The summed E-state index contributed by atoms with van der Waals surface area (Å²) in [5.74, 6) is 0.552. The first kappa shape index (κ1) is 18.9. The van der Waals surface area contributed by atoms with Crippen molar-refractivity contribution in [2.24, 2.45) is 0 Å². The summed E-state index contributed by atoms with van der Waals surface area (Å²) >= 11 is 0. The van der Waals surface area contributed by atoms with Crippen LogP contribution >= 0.6 is 0 Å². The Hall–Kier alpha value is -2.90. The van der Waals surface area contributed by atoms with Crippen LogP contribution in [0.4, 0.5) is 5.82 Å². The SMILES string of the molecule is CN1CCCN(C)c2cccc(n2)CCCN(C(=O)c2ccon2)CC1=O. The van der Waals surface area contributed by atoms with Crippen molar-refractivity contribution in [3.05, 3.63) is 41.9 Å². The summed E-state index contributed by atoms with van der Waals surface area (Å²) in [6.07, 6.45) is 3.62. The van der Waals surface area contributed by atoms with Gasteiger partial charge in [-0.2, -0.15) is 0 Å². The number of aromatic nitrogens is 2. The Kier molecular flexibility index (Phi) is 6.05. The molecular weight excluding hydrogens is 346 g/mol. The van der Waals surface area contributed by atoms with Gasteiger partial charge in [-0.1, -0.05) is 11.2 Å². The predicted octanol–water partition coefficient (Wildman–Crippen LogP) is 1.44. The molecule has 3 rings (SSSR count). The Morgan fingerprint density at radius 1 is 1.07 bits per heavy atom. The van der Waals surface area contributed by atoms with E-state index in [-0.39, 0.29) is 24.1 Å². The molecule has 0 unspecified atom stereocenters. The van der Waals surface area contributed by atoms with Gasteiger partial charge in [0, 0.05) is 45.5 Å². The minimum absolute atomic E-state index is 0.0332. The van der Waals surface area contributed by atoms with Crippen LogP contribution in [0.15, 0.2) is 35.1 Å². The topological polar surface area (TPSA) is 82.8 Å². The van der Waals surface area contributed by atoms with Crippen molar-refractivity contribution in [1.82, 2.24) is 19.9 Å². The van der Waals surface area contributed by atoms with Gasteiger partial charge in [0.25, 0.3) is 5.91 Å². The molecule has 0 aliphatic carbocycles. The fourth-order valence-corrected chi connectivity index (χ4v) is 3.08. The highest BCUT2D eigenvalue weighted by Crippen LogP contribution is 2.13. The minimum Gasteiger partial charge on any atom is -0.364 e. The average molecular weight is 371 g/mol. The number of hydrogen-bond acceptors (Lipinski definition) is 6. The molecule has 27 heavy (non-hydrogen) atoms. The molecule has 0 fully saturated rings. The van der Waals surface area contributed by atoms with Crippen molar-refractivity contribution in [2.75, 3.05) is 45.2 Å². The number of anilines is 1. The first-order valence-electron chi connectivity index (χ1n) is 9.15. The third-order valence-electron chi connectivity index (χ3n) is 4.73. The molecule has 1 aliphatic heterocycles. The highest BCUT2D eigenvalue weighted by molar-refractivity contribution is 5.94. The van der Waals surface area contributed by atoms with Gasteiger partial charge in [-0.25, -0.2) is 4.98 Å². The number of pyridine rings is 1. The van der Waals surface area contributed by atoms with Crippen LogP contribution in [0.5, 0.6) is 0 Å². The molecule has 0 saturated heterocycles. The first-order valence-corrected chi connectivity index (χ1v) is 9.15. The van der Waals surface area contributed by atoms with Crippen LogP contribution in [-0.4, -0.2) is 72.0 Å². The predicted molar refractivity (Wildman–Crippen MR) is 100 cm³/mol. The molecule has 0 N–H and O–H groups in total. The fraction of sp³-hybridized carbons (Fsp3) is 0.474. The van der Waals surface area contributed by atoms with Crippen molar-refractivity contribution in [2.45, 2.75) is 19.3 Å². The number of carbonyl (C=O) groups is 2. The van der Waals surface area contributed by atoms with Crippen molar-refractivity contribution in [1.29, 1.82) is 0 Å². The zero-order valence-corrected chi connectivity index (χ0v) is 15.8. The van der Waals surface area contributed by atoms with E-state index in [1.54, 1.807) is 16.8 Å². The second kappa shape index (κ2) is 8.66. The van der Waals surface area contributed by atoms with Crippen molar-refractivity contribution >= 4 is 17.6 Å². The maximum absolute atomic E-state index is 12.7. The van der Waals surface area contributed by atoms with E-state index in [0.717, 1.165) is 30.9 Å². The normalized spacial score (nSPS) is 17.0. The number of aryl methyl sites for hydroxylation is 1. The molecule has 3 heterocycles. The third-order valence-corrected chi connectivity index (χ3v) is 4.73. The maximum atomic E-state index is 12.7. The summed E-state index contributed by atoms with van der Waals surface area (Å²) in [6.45, 7) is 1.91. The van der Waals surface area contributed by atoms with Crippen LogP contribution < -0.4 is 4.90 Å². The van der Waals surface area contributed by atoms with Gasteiger partial charge in [-0.15, -0.1) is 0 Å². The summed E-state index contributed by atoms with van der Waals surface area (Å²) in [6, 6.07) is 7.51. The van der Waals surface area contributed by atoms with E-state index in [1.165, 1.54) is 12.3 Å². The summed E-state index contributed by atoms with van der Waals surface area (Å²) in [7, 11) is 3.78. The molecule has 0 radical (unpaired) electrons. The van der Waals surface area contributed by atoms with Gasteiger partial charge >= 0.3 is 0 Å². The highest BCUT2D eigenvalue weighted by Gasteiger charge is 2.22. The Morgan fingerprint density at radius 3 is 2.67 bits per heavy atom. The molecule has 8 nitrogen and oxygen atoms in total. The van der Waals surface area contributed by atoms with Gasteiger partial charge in [0.05, 0.1) is 0 Å². The molecule has 0 atom stereocenters. The summed E-state index contributed by atoms with van der Waals surface area (Å²) < 4.78 is 4.77. The van der Waals surface area contributed by atoms with Gasteiger partial charge in [-0.05, 0) is 31.4 Å². The molecule has 1 aliphatic rings. The van der Waals surface area contributed by atoms with Crippen molar-refractivity contribution in [3.63, 3.8) is 0 Å². The van der Waals surface area contributed by atoms with Crippen molar-refractivity contribution in [3.8, 4) is 0 Å². The lowest BCUT2D eigenvalue weighted by Crippen LogP contribution is -2.43.